The average molecular weight is 335 g/mol. The molecular weight excluding hydrogens is 320 g/mol. The van der Waals surface area contributed by atoms with Gasteiger partial charge in [-0.1, -0.05) is 30.3 Å². The SMILES string of the molecule is O=C(N[C@@H](Cc1cc(F)ccc1F)C(=O)O)OCc1ccccc1. The summed E-state index contributed by atoms with van der Waals surface area (Å²) >= 11 is 0. The Labute approximate surface area is 136 Å². The normalized spacial score (nSPS) is 11.6. The third-order valence-electron chi connectivity index (χ3n) is 3.23. The first-order chi connectivity index (χ1) is 11.5. The van der Waals surface area contributed by atoms with Crippen LogP contribution in [-0.4, -0.2) is 23.2 Å². The van der Waals surface area contributed by atoms with Crippen LogP contribution in [0.5, 0.6) is 0 Å². The van der Waals surface area contributed by atoms with E-state index in [1.54, 1.807) is 30.3 Å². The summed E-state index contributed by atoms with van der Waals surface area (Å²) in [5.41, 5.74) is 0.585. The van der Waals surface area contributed by atoms with Crippen LogP contribution in [0.2, 0.25) is 0 Å². The molecule has 2 N–H and O–H groups in total. The highest BCUT2D eigenvalue weighted by Crippen LogP contribution is 2.12. The second kappa shape index (κ2) is 8.05. The van der Waals surface area contributed by atoms with E-state index in [0.717, 1.165) is 23.8 Å². The minimum atomic E-state index is -1.44. The lowest BCUT2D eigenvalue weighted by Gasteiger charge is -2.15. The molecule has 2 rings (SSSR count). The van der Waals surface area contributed by atoms with Gasteiger partial charge in [-0.2, -0.15) is 0 Å². The van der Waals surface area contributed by atoms with E-state index < -0.39 is 36.2 Å². The van der Waals surface area contributed by atoms with Crippen molar-refractivity contribution < 1.29 is 28.2 Å². The Morgan fingerprint density at radius 1 is 1.12 bits per heavy atom. The molecule has 0 aliphatic heterocycles. The summed E-state index contributed by atoms with van der Waals surface area (Å²) in [6.07, 6.45) is -1.36. The highest BCUT2D eigenvalue weighted by Gasteiger charge is 2.23. The van der Waals surface area contributed by atoms with Gasteiger partial charge in [-0.25, -0.2) is 18.4 Å². The molecule has 0 saturated carbocycles. The third kappa shape index (κ3) is 5.05. The predicted octanol–water partition coefficient (Wildman–Crippen LogP) is 2.89. The number of rotatable bonds is 6. The summed E-state index contributed by atoms with van der Waals surface area (Å²) in [6.45, 7) is -0.0344. The van der Waals surface area contributed by atoms with Crippen molar-refractivity contribution in [2.75, 3.05) is 0 Å². The minimum absolute atomic E-state index is 0.0344. The van der Waals surface area contributed by atoms with Gasteiger partial charge in [-0.15, -0.1) is 0 Å². The standard InChI is InChI=1S/C17H15F2NO4/c18-13-6-7-14(19)12(8-13)9-15(16(21)22)20-17(23)24-10-11-4-2-1-3-5-11/h1-8,15H,9-10H2,(H,20,23)(H,21,22)/t15-/m0/s1. The summed E-state index contributed by atoms with van der Waals surface area (Å²) in [4.78, 5) is 22.9. The van der Waals surface area contributed by atoms with Crippen molar-refractivity contribution in [3.63, 3.8) is 0 Å². The molecule has 126 valence electrons. The van der Waals surface area contributed by atoms with Gasteiger partial charge in [0.15, 0.2) is 0 Å². The summed E-state index contributed by atoms with van der Waals surface area (Å²) in [5.74, 6) is -2.82. The maximum Gasteiger partial charge on any atom is 0.408 e. The lowest BCUT2D eigenvalue weighted by Crippen LogP contribution is -2.42. The molecule has 5 nitrogen and oxygen atoms in total. The number of carboxylic acids is 1. The molecule has 0 bridgehead atoms. The van der Waals surface area contributed by atoms with Gasteiger partial charge in [0.25, 0.3) is 0 Å². The van der Waals surface area contributed by atoms with Gasteiger partial charge in [0, 0.05) is 6.42 Å². The third-order valence-corrected chi connectivity index (χ3v) is 3.23. The van der Waals surface area contributed by atoms with Crippen LogP contribution in [-0.2, 0) is 22.6 Å². The molecule has 0 fully saturated rings. The molecule has 0 unspecified atom stereocenters. The number of halogens is 2. The van der Waals surface area contributed by atoms with Crippen molar-refractivity contribution in [1.29, 1.82) is 0 Å². The molecule has 0 spiro atoms. The largest absolute Gasteiger partial charge is 0.480 e. The zero-order valence-electron chi connectivity index (χ0n) is 12.5. The summed E-state index contributed by atoms with van der Waals surface area (Å²) in [7, 11) is 0. The Balaban J connectivity index is 1.96. The summed E-state index contributed by atoms with van der Waals surface area (Å²) < 4.78 is 31.7. The predicted molar refractivity (Wildman–Crippen MR) is 81.2 cm³/mol. The quantitative estimate of drug-likeness (QED) is 0.851. The first-order valence-electron chi connectivity index (χ1n) is 7.09. The van der Waals surface area contributed by atoms with Gasteiger partial charge in [-0.3, -0.25) is 0 Å². The molecule has 7 heteroatoms. The van der Waals surface area contributed by atoms with Crippen molar-refractivity contribution in [2.24, 2.45) is 0 Å². The highest BCUT2D eigenvalue weighted by molar-refractivity contribution is 5.80. The minimum Gasteiger partial charge on any atom is -0.480 e. The molecule has 0 heterocycles. The monoisotopic (exact) mass is 335 g/mol. The van der Waals surface area contributed by atoms with Gasteiger partial charge in [0.2, 0.25) is 0 Å². The molecule has 2 aromatic carbocycles. The van der Waals surface area contributed by atoms with Crippen molar-refractivity contribution >= 4 is 12.1 Å². The average Bonchev–Trinajstić information content (AvgIpc) is 2.56. The molecule has 24 heavy (non-hydrogen) atoms. The van der Waals surface area contributed by atoms with E-state index >= 15 is 0 Å². The summed E-state index contributed by atoms with van der Waals surface area (Å²) in [6, 6.07) is 10.1. The van der Waals surface area contributed by atoms with Gasteiger partial charge in [0.1, 0.15) is 24.3 Å². The van der Waals surface area contributed by atoms with Crippen molar-refractivity contribution in [3.8, 4) is 0 Å². The van der Waals surface area contributed by atoms with E-state index in [9.17, 15) is 18.4 Å². The van der Waals surface area contributed by atoms with Crippen LogP contribution in [0.15, 0.2) is 48.5 Å². The maximum atomic E-state index is 13.6. The van der Waals surface area contributed by atoms with Crippen molar-refractivity contribution in [3.05, 3.63) is 71.3 Å². The Kier molecular flexibility index (Phi) is 5.83. The van der Waals surface area contributed by atoms with E-state index in [1.165, 1.54) is 0 Å². The van der Waals surface area contributed by atoms with Gasteiger partial charge >= 0.3 is 12.1 Å². The Bertz CT molecular complexity index is 722. The van der Waals surface area contributed by atoms with Crippen LogP contribution in [0, 0.1) is 11.6 Å². The van der Waals surface area contributed by atoms with Crippen LogP contribution >= 0.6 is 0 Å². The molecule has 2 aromatic rings. The van der Waals surface area contributed by atoms with Crippen molar-refractivity contribution in [1.82, 2.24) is 5.32 Å². The second-order valence-corrected chi connectivity index (χ2v) is 5.04. The number of carbonyl (C=O) groups is 2. The van der Waals surface area contributed by atoms with Crippen LogP contribution < -0.4 is 5.32 Å². The number of hydrogen-bond acceptors (Lipinski definition) is 3. The van der Waals surface area contributed by atoms with Crippen molar-refractivity contribution in [2.45, 2.75) is 19.1 Å². The number of benzene rings is 2. The van der Waals surface area contributed by atoms with Crippen LogP contribution in [0.3, 0.4) is 0 Å². The number of carboxylic acid groups (broad SMARTS) is 1. The number of hydrogen-bond donors (Lipinski definition) is 2. The fourth-order valence-electron chi connectivity index (χ4n) is 2.03. The molecule has 0 radical (unpaired) electrons. The summed E-state index contributed by atoms with van der Waals surface area (Å²) in [5, 5.41) is 11.3. The smallest absolute Gasteiger partial charge is 0.408 e. The molecule has 0 saturated heterocycles. The first kappa shape index (κ1) is 17.4. The van der Waals surface area contributed by atoms with E-state index in [1.807, 2.05) is 0 Å². The van der Waals surface area contributed by atoms with E-state index in [-0.39, 0.29) is 12.2 Å². The van der Waals surface area contributed by atoms with E-state index in [2.05, 4.69) is 5.32 Å². The highest BCUT2D eigenvalue weighted by atomic mass is 19.1. The Morgan fingerprint density at radius 2 is 1.83 bits per heavy atom. The molecular formula is C17H15F2NO4. The fraction of sp³-hybridized carbons (Fsp3) is 0.176. The lowest BCUT2D eigenvalue weighted by molar-refractivity contribution is -0.139. The number of carbonyl (C=O) groups excluding carboxylic acids is 1. The van der Waals surface area contributed by atoms with Crippen LogP contribution in [0.4, 0.5) is 13.6 Å². The second-order valence-electron chi connectivity index (χ2n) is 5.04. The van der Waals surface area contributed by atoms with Gasteiger partial charge in [0.05, 0.1) is 0 Å². The number of ether oxygens (including phenoxy) is 1. The molecule has 1 atom stereocenters. The molecule has 0 aliphatic carbocycles. The lowest BCUT2D eigenvalue weighted by atomic mass is 10.1. The van der Waals surface area contributed by atoms with E-state index in [4.69, 9.17) is 9.84 Å². The fourth-order valence-corrected chi connectivity index (χ4v) is 2.03. The van der Waals surface area contributed by atoms with Gasteiger partial charge < -0.3 is 15.2 Å². The zero-order valence-corrected chi connectivity index (χ0v) is 12.5. The van der Waals surface area contributed by atoms with Crippen LogP contribution in [0.1, 0.15) is 11.1 Å². The molecule has 1 amide bonds. The molecule has 0 aliphatic rings. The Morgan fingerprint density at radius 3 is 2.50 bits per heavy atom. The number of nitrogens with one attached hydrogen (secondary N) is 1. The first-order valence-corrected chi connectivity index (χ1v) is 7.09. The number of alkyl carbamates (subject to hydrolysis) is 1. The van der Waals surface area contributed by atoms with Crippen LogP contribution in [0.25, 0.3) is 0 Å². The van der Waals surface area contributed by atoms with E-state index in [0.29, 0.717) is 0 Å². The van der Waals surface area contributed by atoms with Gasteiger partial charge in [-0.05, 0) is 29.3 Å². The number of amides is 1. The zero-order chi connectivity index (χ0) is 17.5. The maximum absolute atomic E-state index is 13.6. The number of aliphatic carboxylic acids is 1. The topological polar surface area (TPSA) is 75.6 Å². The Hall–Kier alpha value is -2.96. The molecule has 0 aromatic heterocycles.